The molecule has 8 heteroatoms. The predicted octanol–water partition coefficient (Wildman–Crippen LogP) is 2.81. The van der Waals surface area contributed by atoms with Gasteiger partial charge >= 0.3 is 0 Å². The lowest BCUT2D eigenvalue weighted by molar-refractivity contribution is -0.136. The molecule has 0 aliphatic carbocycles. The van der Waals surface area contributed by atoms with Crippen LogP contribution in [0.3, 0.4) is 0 Å². The zero-order chi connectivity index (χ0) is 22.8. The molecule has 0 unspecified atom stereocenters. The van der Waals surface area contributed by atoms with Crippen LogP contribution in [0.4, 0.5) is 0 Å². The van der Waals surface area contributed by atoms with E-state index in [1.54, 1.807) is 12.1 Å². The Morgan fingerprint density at radius 3 is 2.41 bits per heavy atom. The third-order valence-electron chi connectivity index (χ3n) is 6.88. The average molecular weight is 460 g/mol. The van der Waals surface area contributed by atoms with Gasteiger partial charge in [0.1, 0.15) is 11.7 Å². The number of amides is 2. The number of fused-ring (bicyclic) bond motifs is 1. The zero-order valence-corrected chi connectivity index (χ0v) is 20.0. The number of piperazine rings is 1. The summed E-state index contributed by atoms with van der Waals surface area (Å²) in [5.74, 6) is -0.262. The molecule has 0 spiro atoms. The largest absolute Gasteiger partial charge is 0.351 e. The maximum Gasteiger partial charge on any atom is 0.268 e. The van der Waals surface area contributed by atoms with E-state index in [4.69, 9.17) is 11.6 Å². The first-order valence-electron chi connectivity index (χ1n) is 11.6. The van der Waals surface area contributed by atoms with Gasteiger partial charge in [0.15, 0.2) is 0 Å². The van der Waals surface area contributed by atoms with Crippen molar-refractivity contribution in [3.8, 4) is 0 Å². The number of likely N-dealkylation sites (tertiary alicyclic amines) is 1. The fourth-order valence-electron chi connectivity index (χ4n) is 4.82. The second-order valence-corrected chi connectivity index (χ2v) is 9.94. The summed E-state index contributed by atoms with van der Waals surface area (Å²) in [5.41, 5.74) is 1.28. The van der Waals surface area contributed by atoms with Gasteiger partial charge in [0, 0.05) is 48.1 Å². The predicted molar refractivity (Wildman–Crippen MR) is 128 cm³/mol. The highest BCUT2D eigenvalue weighted by atomic mass is 35.5. The van der Waals surface area contributed by atoms with Crippen LogP contribution in [0, 0.1) is 5.92 Å². The smallest absolute Gasteiger partial charge is 0.268 e. The monoisotopic (exact) mass is 459 g/mol. The molecule has 7 nitrogen and oxygen atoms in total. The molecule has 32 heavy (non-hydrogen) atoms. The number of nitrogens with one attached hydrogen (secondary N) is 2. The number of benzene rings is 1. The van der Waals surface area contributed by atoms with Crippen molar-refractivity contribution in [1.82, 2.24) is 25.0 Å². The van der Waals surface area contributed by atoms with E-state index in [0.717, 1.165) is 50.2 Å². The van der Waals surface area contributed by atoms with Crippen molar-refractivity contribution in [2.24, 2.45) is 5.92 Å². The standard InChI is InChI=1S/C24H34ClN5O2/c1-16(2)22(27-23(31)21-15-17-14-18(25)4-5-20(17)26-21)24(32)30-12-10-29(11-13-30)19-6-8-28(3)9-7-19/h4-5,14-16,19,22,26H,6-13H2,1-3H3,(H,27,31)/t22-/m1/s1. The Morgan fingerprint density at radius 1 is 1.06 bits per heavy atom. The van der Waals surface area contributed by atoms with Crippen LogP contribution < -0.4 is 5.32 Å². The Bertz CT molecular complexity index is 958. The molecule has 2 saturated heterocycles. The van der Waals surface area contributed by atoms with E-state index in [9.17, 15) is 9.59 Å². The molecule has 2 aliphatic rings. The van der Waals surface area contributed by atoms with Crippen LogP contribution >= 0.6 is 11.6 Å². The highest BCUT2D eigenvalue weighted by Crippen LogP contribution is 2.21. The van der Waals surface area contributed by atoms with E-state index in [-0.39, 0.29) is 17.7 Å². The first-order chi connectivity index (χ1) is 15.3. The number of aromatic amines is 1. The third kappa shape index (κ3) is 5.11. The Hall–Kier alpha value is -2.09. The van der Waals surface area contributed by atoms with E-state index >= 15 is 0 Å². The first kappa shape index (κ1) is 23.1. The molecule has 2 aromatic rings. The van der Waals surface area contributed by atoms with Gasteiger partial charge in [0.05, 0.1) is 0 Å². The fraction of sp³-hybridized carbons (Fsp3) is 0.583. The number of halogens is 1. The molecule has 3 heterocycles. The van der Waals surface area contributed by atoms with Gasteiger partial charge in [-0.1, -0.05) is 25.4 Å². The van der Waals surface area contributed by atoms with Gasteiger partial charge < -0.3 is 20.1 Å². The Morgan fingerprint density at radius 2 is 1.75 bits per heavy atom. The van der Waals surface area contributed by atoms with E-state index in [0.29, 0.717) is 16.8 Å². The number of rotatable bonds is 5. The zero-order valence-electron chi connectivity index (χ0n) is 19.2. The molecule has 1 aromatic heterocycles. The lowest BCUT2D eigenvalue weighted by Crippen LogP contribution is -2.58. The maximum absolute atomic E-state index is 13.3. The lowest BCUT2D eigenvalue weighted by Gasteiger charge is -2.43. The van der Waals surface area contributed by atoms with Crippen molar-refractivity contribution in [3.05, 3.63) is 35.0 Å². The molecule has 0 saturated carbocycles. The first-order valence-corrected chi connectivity index (χ1v) is 12.0. The molecule has 1 aromatic carbocycles. The number of piperidine rings is 1. The second kappa shape index (κ2) is 9.81. The molecule has 2 aliphatic heterocycles. The fourth-order valence-corrected chi connectivity index (χ4v) is 5.00. The molecule has 2 fully saturated rings. The summed E-state index contributed by atoms with van der Waals surface area (Å²) in [6, 6.07) is 7.31. The maximum atomic E-state index is 13.3. The minimum Gasteiger partial charge on any atom is -0.351 e. The van der Waals surface area contributed by atoms with Gasteiger partial charge in [-0.05, 0) is 63.2 Å². The topological polar surface area (TPSA) is 71.7 Å². The molecule has 2 amide bonds. The highest BCUT2D eigenvalue weighted by Gasteiger charge is 2.33. The SMILES string of the molecule is CC(C)[C@@H](NC(=O)c1cc2cc(Cl)ccc2[nH]1)C(=O)N1CCN(C2CCN(C)CC2)CC1. The Kier molecular flexibility index (Phi) is 7.08. The van der Waals surface area contributed by atoms with Gasteiger partial charge in [0.25, 0.3) is 5.91 Å². The summed E-state index contributed by atoms with van der Waals surface area (Å²) < 4.78 is 0. The van der Waals surface area contributed by atoms with Crippen molar-refractivity contribution in [1.29, 1.82) is 0 Å². The number of H-pyrrole nitrogens is 1. The minimum absolute atomic E-state index is 0.00261. The van der Waals surface area contributed by atoms with Crippen molar-refractivity contribution >= 4 is 34.3 Å². The summed E-state index contributed by atoms with van der Waals surface area (Å²) in [6.07, 6.45) is 2.40. The molecule has 1 atom stereocenters. The van der Waals surface area contributed by atoms with Crippen LogP contribution in [-0.2, 0) is 4.79 Å². The van der Waals surface area contributed by atoms with Gasteiger partial charge in [-0.15, -0.1) is 0 Å². The van der Waals surface area contributed by atoms with E-state index < -0.39 is 6.04 Å². The number of aromatic nitrogens is 1. The van der Waals surface area contributed by atoms with E-state index in [1.165, 1.54) is 12.8 Å². The van der Waals surface area contributed by atoms with Crippen molar-refractivity contribution in [3.63, 3.8) is 0 Å². The number of hydrogen-bond acceptors (Lipinski definition) is 4. The summed E-state index contributed by atoms with van der Waals surface area (Å²) in [4.78, 5) is 36.2. The molecule has 0 radical (unpaired) electrons. The molecule has 174 valence electrons. The van der Waals surface area contributed by atoms with Crippen LogP contribution in [0.15, 0.2) is 24.3 Å². The van der Waals surface area contributed by atoms with E-state index in [2.05, 4.69) is 27.1 Å². The molecule has 4 rings (SSSR count). The number of hydrogen-bond donors (Lipinski definition) is 2. The van der Waals surface area contributed by atoms with E-state index in [1.807, 2.05) is 30.9 Å². The summed E-state index contributed by atoms with van der Waals surface area (Å²) in [5, 5.41) is 4.47. The van der Waals surface area contributed by atoms with Crippen LogP contribution in [-0.4, -0.2) is 89.9 Å². The van der Waals surface area contributed by atoms with Gasteiger partial charge in [-0.2, -0.15) is 0 Å². The molecular formula is C24H34ClN5O2. The Labute approximate surface area is 195 Å². The molecular weight excluding hydrogens is 426 g/mol. The lowest BCUT2D eigenvalue weighted by atomic mass is 10.0. The van der Waals surface area contributed by atoms with Crippen LogP contribution in [0.25, 0.3) is 10.9 Å². The third-order valence-corrected chi connectivity index (χ3v) is 7.11. The van der Waals surface area contributed by atoms with Crippen LogP contribution in [0.5, 0.6) is 0 Å². The van der Waals surface area contributed by atoms with Crippen molar-refractivity contribution < 1.29 is 9.59 Å². The van der Waals surface area contributed by atoms with Crippen molar-refractivity contribution in [2.75, 3.05) is 46.3 Å². The van der Waals surface area contributed by atoms with Crippen LogP contribution in [0.2, 0.25) is 5.02 Å². The number of nitrogens with zero attached hydrogens (tertiary/aromatic N) is 3. The second-order valence-electron chi connectivity index (χ2n) is 9.51. The Balaban J connectivity index is 1.37. The summed E-state index contributed by atoms with van der Waals surface area (Å²) in [6.45, 7) is 9.48. The number of carbonyl (C=O) groups excluding carboxylic acids is 2. The molecule has 2 N–H and O–H groups in total. The van der Waals surface area contributed by atoms with Crippen LogP contribution in [0.1, 0.15) is 37.2 Å². The highest BCUT2D eigenvalue weighted by molar-refractivity contribution is 6.31. The summed E-state index contributed by atoms with van der Waals surface area (Å²) in [7, 11) is 2.18. The summed E-state index contributed by atoms with van der Waals surface area (Å²) >= 11 is 6.06. The number of carbonyl (C=O) groups is 2. The van der Waals surface area contributed by atoms with Crippen molar-refractivity contribution in [2.45, 2.75) is 38.8 Å². The van der Waals surface area contributed by atoms with Gasteiger partial charge in [-0.25, -0.2) is 0 Å². The minimum atomic E-state index is -0.549. The van der Waals surface area contributed by atoms with Gasteiger partial charge in [-0.3, -0.25) is 14.5 Å². The quantitative estimate of drug-likeness (QED) is 0.721. The molecule has 0 bridgehead atoms. The normalized spacial score (nSPS) is 20.1. The van der Waals surface area contributed by atoms with Gasteiger partial charge in [0.2, 0.25) is 5.91 Å². The average Bonchev–Trinajstić information content (AvgIpc) is 3.21.